The van der Waals surface area contributed by atoms with Crippen LogP contribution in [-0.4, -0.2) is 43.6 Å². The number of para-hydroxylation sites is 1. The minimum Gasteiger partial charge on any atom is -0.491 e. The van der Waals surface area contributed by atoms with Crippen LogP contribution in [0.1, 0.15) is 56.0 Å². The van der Waals surface area contributed by atoms with E-state index in [2.05, 4.69) is 6.07 Å². The largest absolute Gasteiger partial charge is 0.491 e. The number of carbonyl (C=O) groups is 1. The number of carbonyl (C=O) groups excluding carboxylic acids is 1. The predicted molar refractivity (Wildman–Crippen MR) is 182 cm³/mol. The summed E-state index contributed by atoms with van der Waals surface area (Å²) in [6, 6.07) is 20.4. The van der Waals surface area contributed by atoms with Crippen LogP contribution in [0, 0.1) is 6.92 Å². The molecular weight excluding hydrogens is 616 g/mol. The third-order valence-corrected chi connectivity index (χ3v) is 8.36. The van der Waals surface area contributed by atoms with E-state index >= 15 is 0 Å². The topological polar surface area (TPSA) is 97.6 Å². The highest BCUT2D eigenvalue weighted by atomic mass is 32.1. The zero-order valence-corrected chi connectivity index (χ0v) is 28.4. The lowest BCUT2D eigenvalue weighted by atomic mass is 9.95. The van der Waals surface area contributed by atoms with Crippen LogP contribution in [0.15, 0.2) is 87.8 Å². The number of allylic oxidation sites excluding steroid dienone is 1. The lowest BCUT2D eigenvalue weighted by Crippen LogP contribution is -2.40. The Bertz CT molecular complexity index is 1960. The molecule has 2 heterocycles. The van der Waals surface area contributed by atoms with Crippen molar-refractivity contribution in [3.05, 3.63) is 120 Å². The van der Waals surface area contributed by atoms with Gasteiger partial charge in [0.15, 0.2) is 16.3 Å². The van der Waals surface area contributed by atoms with Crippen molar-refractivity contribution in [1.82, 2.24) is 4.57 Å². The summed E-state index contributed by atoms with van der Waals surface area (Å²) in [6.07, 6.45) is 1.68. The standard InChI is InChI=1S/C37H40N2O7S/c1-7-43-31-20-26(15-16-30(31)45-22-27-12-10-11-24(4)19-27)21-32-35(40)39-34(28-13-8-9-14-29(28)46-23(2)3)33(25(5)38-37(39)47-32)36(41)44-18-17-42-6/h8-16,19-21,23,34H,7,17-18,22H2,1-6H3/b32-21+/t34-/m1/s1. The molecule has 3 aromatic carbocycles. The maximum Gasteiger partial charge on any atom is 0.338 e. The zero-order valence-electron chi connectivity index (χ0n) is 27.6. The number of thiazole rings is 1. The molecule has 0 bridgehead atoms. The van der Waals surface area contributed by atoms with E-state index in [9.17, 15) is 9.59 Å². The third-order valence-electron chi connectivity index (χ3n) is 7.38. The minimum atomic E-state index is -0.810. The fourth-order valence-electron chi connectivity index (χ4n) is 5.36. The first-order valence-electron chi connectivity index (χ1n) is 15.6. The molecule has 1 aliphatic rings. The van der Waals surface area contributed by atoms with E-state index in [-0.39, 0.29) is 30.5 Å². The average Bonchev–Trinajstić information content (AvgIpc) is 3.34. The van der Waals surface area contributed by atoms with Crippen molar-refractivity contribution in [1.29, 1.82) is 0 Å². The van der Waals surface area contributed by atoms with E-state index in [1.807, 2.05) is 88.4 Å². The van der Waals surface area contributed by atoms with E-state index in [1.165, 1.54) is 18.4 Å². The van der Waals surface area contributed by atoms with Crippen molar-refractivity contribution < 1.29 is 28.5 Å². The summed E-state index contributed by atoms with van der Waals surface area (Å²) in [5.41, 5.74) is 4.10. The van der Waals surface area contributed by atoms with E-state index in [0.29, 0.717) is 51.1 Å². The van der Waals surface area contributed by atoms with Gasteiger partial charge in [0, 0.05) is 12.7 Å². The summed E-state index contributed by atoms with van der Waals surface area (Å²) in [5.74, 6) is 1.20. The van der Waals surface area contributed by atoms with E-state index in [4.69, 9.17) is 28.7 Å². The molecule has 0 N–H and O–H groups in total. The van der Waals surface area contributed by atoms with Crippen molar-refractivity contribution in [3.8, 4) is 17.2 Å². The molecular formula is C37H40N2O7S. The number of ether oxygens (including phenoxy) is 5. The Kier molecular flexibility index (Phi) is 11.0. The van der Waals surface area contributed by atoms with E-state index in [1.54, 1.807) is 17.6 Å². The van der Waals surface area contributed by atoms with Gasteiger partial charge in [-0.3, -0.25) is 9.36 Å². The molecule has 5 rings (SSSR count). The normalized spacial score (nSPS) is 14.5. The number of rotatable bonds is 13. The van der Waals surface area contributed by atoms with Gasteiger partial charge in [0.05, 0.1) is 35.1 Å². The number of fused-ring (bicyclic) bond motifs is 1. The molecule has 0 spiro atoms. The molecule has 0 amide bonds. The van der Waals surface area contributed by atoms with Gasteiger partial charge in [-0.2, -0.15) is 0 Å². The second-order valence-electron chi connectivity index (χ2n) is 11.3. The van der Waals surface area contributed by atoms with Crippen LogP contribution in [0.2, 0.25) is 0 Å². The Morgan fingerprint density at radius 2 is 1.79 bits per heavy atom. The Morgan fingerprint density at radius 1 is 0.979 bits per heavy atom. The highest BCUT2D eigenvalue weighted by molar-refractivity contribution is 7.07. The van der Waals surface area contributed by atoms with Gasteiger partial charge in [-0.05, 0) is 70.0 Å². The fourth-order valence-corrected chi connectivity index (χ4v) is 6.40. The molecule has 1 atom stereocenters. The molecule has 1 aliphatic heterocycles. The smallest absolute Gasteiger partial charge is 0.338 e. The van der Waals surface area contributed by atoms with Gasteiger partial charge in [0.25, 0.3) is 5.56 Å². The second kappa shape index (κ2) is 15.3. The molecule has 1 aromatic heterocycles. The van der Waals surface area contributed by atoms with Crippen LogP contribution in [0.4, 0.5) is 0 Å². The highest BCUT2D eigenvalue weighted by Gasteiger charge is 2.35. The molecule has 10 heteroatoms. The molecule has 0 aliphatic carbocycles. The number of hydrogen-bond acceptors (Lipinski definition) is 9. The minimum absolute atomic E-state index is 0.0697. The lowest BCUT2D eigenvalue weighted by Gasteiger charge is -2.27. The SMILES string of the molecule is CCOc1cc(/C=c2/sc3n(c2=O)[C@H](c2ccccc2OC(C)C)C(C(=O)OCCOC)=C(C)N=3)ccc1OCc1cccc(C)c1. The summed E-state index contributed by atoms with van der Waals surface area (Å²) in [6.45, 7) is 10.7. The molecule has 246 valence electrons. The predicted octanol–water partition coefficient (Wildman–Crippen LogP) is 5.50. The summed E-state index contributed by atoms with van der Waals surface area (Å²) in [7, 11) is 1.54. The number of aryl methyl sites for hydroxylation is 1. The van der Waals surface area contributed by atoms with Gasteiger partial charge in [-0.1, -0.05) is 65.4 Å². The second-order valence-corrected chi connectivity index (χ2v) is 12.3. The zero-order chi connectivity index (χ0) is 33.5. The Morgan fingerprint density at radius 3 is 2.53 bits per heavy atom. The monoisotopic (exact) mass is 656 g/mol. The number of benzene rings is 3. The van der Waals surface area contributed by atoms with Crippen molar-refractivity contribution in [3.63, 3.8) is 0 Å². The number of hydrogen-bond donors (Lipinski definition) is 0. The molecule has 47 heavy (non-hydrogen) atoms. The fraction of sp³-hybridized carbons (Fsp3) is 0.324. The number of esters is 1. The Balaban J connectivity index is 1.57. The van der Waals surface area contributed by atoms with E-state index in [0.717, 1.165) is 16.7 Å². The summed E-state index contributed by atoms with van der Waals surface area (Å²) in [5, 5.41) is 0. The first kappa shape index (κ1) is 33.7. The molecule has 4 aromatic rings. The summed E-state index contributed by atoms with van der Waals surface area (Å²) in [4.78, 5) is 32.9. The van der Waals surface area contributed by atoms with Gasteiger partial charge < -0.3 is 23.7 Å². The highest BCUT2D eigenvalue weighted by Crippen LogP contribution is 2.36. The molecule has 0 fully saturated rings. The van der Waals surface area contributed by atoms with Crippen molar-refractivity contribution >= 4 is 23.4 Å². The van der Waals surface area contributed by atoms with Crippen LogP contribution >= 0.6 is 11.3 Å². The van der Waals surface area contributed by atoms with Crippen LogP contribution in [-0.2, 0) is 20.9 Å². The van der Waals surface area contributed by atoms with Crippen LogP contribution < -0.4 is 29.1 Å². The van der Waals surface area contributed by atoms with Gasteiger partial charge >= 0.3 is 5.97 Å². The number of methoxy groups -OCH3 is 1. The summed E-state index contributed by atoms with van der Waals surface area (Å²) < 4.78 is 30.8. The maximum absolute atomic E-state index is 14.2. The van der Waals surface area contributed by atoms with E-state index < -0.39 is 12.0 Å². The molecule has 0 saturated carbocycles. The van der Waals surface area contributed by atoms with Crippen molar-refractivity contribution in [2.45, 2.75) is 53.4 Å². The Hall–Kier alpha value is -4.67. The van der Waals surface area contributed by atoms with Crippen molar-refractivity contribution in [2.24, 2.45) is 4.99 Å². The quantitative estimate of drug-likeness (QED) is 0.139. The van der Waals surface area contributed by atoms with Gasteiger partial charge in [0.2, 0.25) is 0 Å². The number of aromatic nitrogens is 1. The molecule has 0 saturated heterocycles. The molecule has 0 radical (unpaired) electrons. The molecule has 0 unspecified atom stereocenters. The lowest BCUT2D eigenvalue weighted by molar-refractivity contribution is -0.140. The van der Waals surface area contributed by atoms with Gasteiger partial charge in [-0.25, -0.2) is 9.79 Å². The van der Waals surface area contributed by atoms with Gasteiger partial charge in [0.1, 0.15) is 25.0 Å². The first-order chi connectivity index (χ1) is 22.7. The third kappa shape index (κ3) is 7.84. The van der Waals surface area contributed by atoms with Gasteiger partial charge in [-0.15, -0.1) is 0 Å². The number of nitrogens with zero attached hydrogens (tertiary/aromatic N) is 2. The van der Waals surface area contributed by atoms with Crippen LogP contribution in [0.25, 0.3) is 6.08 Å². The van der Waals surface area contributed by atoms with Crippen LogP contribution in [0.3, 0.4) is 0 Å². The van der Waals surface area contributed by atoms with Crippen LogP contribution in [0.5, 0.6) is 17.2 Å². The first-order valence-corrected chi connectivity index (χ1v) is 16.4. The maximum atomic E-state index is 14.2. The molecule has 9 nitrogen and oxygen atoms in total. The average molecular weight is 657 g/mol. The van der Waals surface area contributed by atoms with Crippen molar-refractivity contribution in [2.75, 3.05) is 26.9 Å². The Labute approximate surface area is 278 Å². The summed E-state index contributed by atoms with van der Waals surface area (Å²) >= 11 is 1.26.